The van der Waals surface area contributed by atoms with Crippen LogP contribution in [0.5, 0.6) is 0 Å². The van der Waals surface area contributed by atoms with Gasteiger partial charge in [-0.2, -0.15) is 0 Å². The molecule has 1 aliphatic heterocycles. The Morgan fingerprint density at radius 2 is 1.75 bits per heavy atom. The monoisotopic (exact) mass is 364 g/mol. The Hall–Kier alpha value is -1.59. The van der Waals surface area contributed by atoms with Crippen molar-refractivity contribution in [2.75, 3.05) is 23.3 Å². The molecular weight excluding hydrogens is 347 g/mol. The van der Waals surface area contributed by atoms with Gasteiger partial charge >= 0.3 is 0 Å². The van der Waals surface area contributed by atoms with Crippen molar-refractivity contribution < 1.29 is 4.79 Å². The predicted molar refractivity (Wildman–Crippen MR) is 96.8 cm³/mol. The first kappa shape index (κ1) is 15.9. The molecule has 0 bridgehead atoms. The van der Waals surface area contributed by atoms with E-state index in [0.29, 0.717) is 12.2 Å². The lowest BCUT2D eigenvalue weighted by molar-refractivity contribution is -0.120. The summed E-state index contributed by atoms with van der Waals surface area (Å²) in [5, 5.41) is 2.91. The fourth-order valence-corrected chi connectivity index (χ4v) is 3.82. The van der Waals surface area contributed by atoms with Crippen molar-refractivity contribution in [2.45, 2.75) is 30.5 Å². The zero-order valence-corrected chi connectivity index (χ0v) is 14.9. The summed E-state index contributed by atoms with van der Waals surface area (Å²) in [4.78, 5) is 24.2. The van der Waals surface area contributed by atoms with Crippen molar-refractivity contribution in [3.8, 4) is 0 Å². The quantitative estimate of drug-likeness (QED) is 0.842. The number of carbonyl (C=O) groups is 1. The maximum Gasteiger partial charge on any atom is 0.234 e. The molecule has 1 aromatic heterocycles. The van der Waals surface area contributed by atoms with Gasteiger partial charge in [-0.1, -0.05) is 12.1 Å². The number of nitrogens with zero attached hydrogens (tertiary/aromatic N) is 3. The minimum Gasteiger partial charge on any atom is -0.354 e. The molecule has 2 heterocycles. The second-order valence-electron chi connectivity index (χ2n) is 6.75. The first-order chi connectivity index (χ1) is 11.4. The van der Waals surface area contributed by atoms with Gasteiger partial charge in [-0.25, -0.2) is 9.97 Å². The number of halogens is 2. The summed E-state index contributed by atoms with van der Waals surface area (Å²) < 4.78 is -1.00. The van der Waals surface area contributed by atoms with Gasteiger partial charge in [0.15, 0.2) is 11.6 Å². The average Bonchev–Trinajstić information content (AvgIpc) is 2.94. The highest BCUT2D eigenvalue weighted by molar-refractivity contribution is 6.53. The fraction of sp³-hybridized carbons (Fsp3) is 0.471. The summed E-state index contributed by atoms with van der Waals surface area (Å²) >= 11 is 12.3. The van der Waals surface area contributed by atoms with Gasteiger partial charge in [0.1, 0.15) is 4.33 Å². The normalized spacial score (nSPS) is 25.0. The van der Waals surface area contributed by atoms with E-state index < -0.39 is 9.75 Å². The van der Waals surface area contributed by atoms with Gasteiger partial charge in [0.25, 0.3) is 0 Å². The number of rotatable bonds is 3. The number of fused-ring (bicyclic) bond motifs is 1. The molecule has 1 aromatic carbocycles. The van der Waals surface area contributed by atoms with Crippen LogP contribution in [-0.2, 0) is 4.79 Å². The van der Waals surface area contributed by atoms with Crippen LogP contribution in [0, 0.1) is 5.41 Å². The number of nitrogens with one attached hydrogen (secondary N) is 1. The Bertz CT molecular complexity index is 819. The highest BCUT2D eigenvalue weighted by Gasteiger charge is 2.68. The van der Waals surface area contributed by atoms with Gasteiger partial charge < -0.3 is 10.2 Å². The number of carbonyl (C=O) groups excluding carboxylic acids is 1. The number of hydrogen-bond donors (Lipinski definition) is 1. The summed E-state index contributed by atoms with van der Waals surface area (Å²) in [6.07, 6.45) is 2.67. The molecule has 2 aliphatic rings. The van der Waals surface area contributed by atoms with Crippen molar-refractivity contribution in [1.82, 2.24) is 9.97 Å². The van der Waals surface area contributed by atoms with Gasteiger partial charge in [-0.15, -0.1) is 23.2 Å². The summed E-state index contributed by atoms with van der Waals surface area (Å²) in [5.41, 5.74) is 0.782. The summed E-state index contributed by atoms with van der Waals surface area (Å²) in [7, 11) is 0. The van der Waals surface area contributed by atoms with E-state index in [9.17, 15) is 4.79 Å². The minimum atomic E-state index is -1.00. The second-order valence-corrected chi connectivity index (χ2v) is 8.23. The Morgan fingerprint density at radius 1 is 1.17 bits per heavy atom. The van der Waals surface area contributed by atoms with Crippen LogP contribution in [0.25, 0.3) is 11.0 Å². The lowest BCUT2D eigenvalue weighted by Gasteiger charge is -2.21. The van der Waals surface area contributed by atoms with Crippen molar-refractivity contribution in [1.29, 1.82) is 0 Å². The molecule has 1 amide bonds. The molecule has 1 atom stereocenters. The van der Waals surface area contributed by atoms with Crippen molar-refractivity contribution in [3.63, 3.8) is 0 Å². The smallest absolute Gasteiger partial charge is 0.234 e. The van der Waals surface area contributed by atoms with Crippen LogP contribution < -0.4 is 10.2 Å². The number of amides is 1. The van der Waals surface area contributed by atoms with Crippen LogP contribution in [0.15, 0.2) is 24.3 Å². The van der Waals surface area contributed by atoms with E-state index in [1.165, 1.54) is 0 Å². The van der Waals surface area contributed by atoms with E-state index >= 15 is 0 Å². The zero-order valence-electron chi connectivity index (χ0n) is 13.4. The van der Waals surface area contributed by atoms with Gasteiger partial charge in [-0.05, 0) is 38.3 Å². The number of hydrogen-bond acceptors (Lipinski definition) is 4. The molecule has 5 nitrogen and oxygen atoms in total. The lowest BCUT2D eigenvalue weighted by Crippen LogP contribution is -2.29. The van der Waals surface area contributed by atoms with Gasteiger partial charge in [0, 0.05) is 13.1 Å². The first-order valence-corrected chi connectivity index (χ1v) is 8.87. The molecule has 2 aromatic rings. The maximum atomic E-state index is 12.6. The zero-order chi connectivity index (χ0) is 16.9. The third-order valence-electron chi connectivity index (χ3n) is 4.95. The lowest BCUT2D eigenvalue weighted by atomic mass is 10.1. The summed E-state index contributed by atoms with van der Waals surface area (Å²) in [6.45, 7) is 3.61. The Balaban J connectivity index is 1.72. The van der Waals surface area contributed by atoms with Crippen molar-refractivity contribution in [3.05, 3.63) is 24.3 Å². The Morgan fingerprint density at radius 3 is 2.33 bits per heavy atom. The van der Waals surface area contributed by atoms with E-state index in [1.807, 2.05) is 24.3 Å². The highest BCUT2D eigenvalue weighted by atomic mass is 35.5. The number of aromatic nitrogens is 2. The van der Waals surface area contributed by atoms with Crippen LogP contribution in [0.3, 0.4) is 0 Å². The van der Waals surface area contributed by atoms with Gasteiger partial charge in [0.05, 0.1) is 16.4 Å². The molecule has 126 valence electrons. The molecule has 1 saturated heterocycles. The van der Waals surface area contributed by atoms with E-state index in [0.717, 1.165) is 42.8 Å². The van der Waals surface area contributed by atoms with Gasteiger partial charge in [-0.3, -0.25) is 4.79 Å². The van der Waals surface area contributed by atoms with E-state index in [2.05, 4.69) is 15.2 Å². The van der Waals surface area contributed by atoms with Crippen LogP contribution >= 0.6 is 23.2 Å². The molecule has 0 spiro atoms. The molecule has 0 unspecified atom stereocenters. The Labute approximate surface area is 150 Å². The minimum absolute atomic E-state index is 0.211. The number of para-hydroxylation sites is 2. The summed E-state index contributed by atoms with van der Waals surface area (Å²) in [6, 6.07) is 7.66. The number of anilines is 2. The van der Waals surface area contributed by atoms with E-state index in [-0.39, 0.29) is 5.91 Å². The third-order valence-corrected chi connectivity index (χ3v) is 6.05. The molecule has 1 N–H and O–H groups in total. The molecule has 0 radical (unpaired) electrons. The highest BCUT2D eigenvalue weighted by Crippen LogP contribution is 2.64. The van der Waals surface area contributed by atoms with Crippen LogP contribution in [0.1, 0.15) is 26.2 Å². The van der Waals surface area contributed by atoms with Crippen molar-refractivity contribution in [2.24, 2.45) is 5.41 Å². The first-order valence-electron chi connectivity index (χ1n) is 8.12. The second kappa shape index (κ2) is 5.46. The molecule has 4 rings (SSSR count). The Kier molecular flexibility index (Phi) is 3.62. The molecule has 7 heteroatoms. The van der Waals surface area contributed by atoms with Crippen molar-refractivity contribution >= 4 is 51.8 Å². The average molecular weight is 365 g/mol. The van der Waals surface area contributed by atoms with E-state index in [1.54, 1.807) is 6.92 Å². The molecule has 2 fully saturated rings. The number of alkyl halides is 2. The fourth-order valence-electron chi connectivity index (χ4n) is 3.12. The van der Waals surface area contributed by atoms with Crippen LogP contribution in [-0.4, -0.2) is 33.3 Å². The summed E-state index contributed by atoms with van der Waals surface area (Å²) in [5.74, 6) is 0.994. The molecule has 1 saturated carbocycles. The SMILES string of the molecule is C[C@]1(C(=O)Nc2nc3ccccc3nc2N2CCCC2)CC1(Cl)Cl. The molecular formula is C17H18Cl2N4O. The largest absolute Gasteiger partial charge is 0.354 e. The van der Waals surface area contributed by atoms with E-state index in [4.69, 9.17) is 28.2 Å². The third kappa shape index (κ3) is 2.50. The maximum absolute atomic E-state index is 12.6. The van der Waals surface area contributed by atoms with Crippen LogP contribution in [0.2, 0.25) is 0 Å². The van der Waals surface area contributed by atoms with Crippen LogP contribution in [0.4, 0.5) is 11.6 Å². The predicted octanol–water partition coefficient (Wildman–Crippen LogP) is 3.75. The molecule has 1 aliphatic carbocycles. The number of benzene rings is 1. The molecule has 24 heavy (non-hydrogen) atoms. The topological polar surface area (TPSA) is 58.1 Å². The van der Waals surface area contributed by atoms with Gasteiger partial charge in [0.2, 0.25) is 5.91 Å². The standard InChI is InChI=1S/C17H18Cl2N4O/c1-16(10-17(16,18)19)15(24)22-13-14(23-8-4-5-9-23)21-12-7-3-2-6-11(12)20-13/h2-3,6-7H,4-5,8-10H2,1H3,(H,20,22,24)/t16-/m1/s1.